The van der Waals surface area contributed by atoms with Crippen molar-refractivity contribution in [1.29, 1.82) is 0 Å². The summed E-state index contributed by atoms with van der Waals surface area (Å²) < 4.78 is 3.73. The minimum Gasteiger partial charge on any atom is -0.303 e. The highest BCUT2D eigenvalue weighted by Crippen LogP contribution is 2.30. The molecule has 0 atom stereocenters. The fourth-order valence-electron chi connectivity index (χ4n) is 3.47. The first kappa shape index (κ1) is 17.7. The van der Waals surface area contributed by atoms with Crippen molar-refractivity contribution in [1.82, 2.24) is 18.9 Å². The van der Waals surface area contributed by atoms with Crippen LogP contribution in [0, 0.1) is 0 Å². The van der Waals surface area contributed by atoms with Crippen LogP contribution in [0.2, 0.25) is 0 Å². The zero-order chi connectivity index (χ0) is 19.8. The summed E-state index contributed by atoms with van der Waals surface area (Å²) in [4.78, 5) is 22.3. The lowest BCUT2D eigenvalue weighted by Crippen LogP contribution is -2.20. The number of nitrogens with zero attached hydrogens (tertiary/aromatic N) is 4. The zero-order valence-electron chi connectivity index (χ0n) is 15.8. The average Bonchev–Trinajstić information content (AvgIpc) is 3.14. The number of hydrogen-bond donors (Lipinski definition) is 0. The van der Waals surface area contributed by atoms with Gasteiger partial charge in [0, 0.05) is 24.6 Å². The predicted octanol–water partition coefficient (Wildman–Crippen LogP) is 4.54. The summed E-state index contributed by atoms with van der Waals surface area (Å²) in [5.74, 6) is 0.647. The van der Waals surface area contributed by atoms with E-state index in [0.717, 1.165) is 28.1 Å². The monoisotopic (exact) mass is 398 g/mol. The van der Waals surface area contributed by atoms with Crippen LogP contribution in [0.5, 0.6) is 0 Å². The summed E-state index contributed by atoms with van der Waals surface area (Å²) >= 11 is 1.55. The normalized spacial score (nSPS) is 11.3. The number of fused-ring (bicyclic) bond motifs is 2. The van der Waals surface area contributed by atoms with E-state index >= 15 is 0 Å². The van der Waals surface area contributed by atoms with Gasteiger partial charge in [0.2, 0.25) is 0 Å². The Bertz CT molecular complexity index is 1390. The van der Waals surface area contributed by atoms with E-state index in [4.69, 9.17) is 9.97 Å². The molecule has 5 aromatic rings. The first-order valence-corrected chi connectivity index (χ1v) is 10.3. The van der Waals surface area contributed by atoms with Crippen molar-refractivity contribution in [3.63, 3.8) is 0 Å². The van der Waals surface area contributed by atoms with Crippen LogP contribution in [0.25, 0.3) is 27.8 Å². The lowest BCUT2D eigenvalue weighted by atomic mass is 10.1. The molecule has 0 aliphatic heterocycles. The van der Waals surface area contributed by atoms with Gasteiger partial charge in [0.15, 0.2) is 5.16 Å². The van der Waals surface area contributed by atoms with Crippen molar-refractivity contribution in [2.45, 2.75) is 10.9 Å². The van der Waals surface area contributed by atoms with Gasteiger partial charge < -0.3 is 4.40 Å². The number of para-hydroxylation sites is 1. The van der Waals surface area contributed by atoms with Gasteiger partial charge in [0.25, 0.3) is 5.56 Å². The molecule has 0 spiro atoms. The Morgan fingerprint density at radius 1 is 0.897 bits per heavy atom. The van der Waals surface area contributed by atoms with Crippen molar-refractivity contribution in [2.75, 3.05) is 0 Å². The topological polar surface area (TPSA) is 52.2 Å². The first-order valence-electron chi connectivity index (χ1n) is 9.32. The number of thioether (sulfide) groups is 1. The van der Waals surface area contributed by atoms with Gasteiger partial charge in [-0.15, -0.1) is 0 Å². The average molecular weight is 398 g/mol. The van der Waals surface area contributed by atoms with Crippen LogP contribution in [0.3, 0.4) is 0 Å². The van der Waals surface area contributed by atoms with E-state index in [1.807, 2.05) is 66.9 Å². The van der Waals surface area contributed by atoms with Gasteiger partial charge >= 0.3 is 0 Å². The summed E-state index contributed by atoms with van der Waals surface area (Å²) in [5.41, 5.74) is 4.71. The molecule has 0 radical (unpaired) electrons. The largest absolute Gasteiger partial charge is 0.303 e. The van der Waals surface area contributed by atoms with Crippen LogP contribution in [0.15, 0.2) is 88.9 Å². The van der Waals surface area contributed by atoms with E-state index in [2.05, 4.69) is 16.5 Å². The van der Waals surface area contributed by atoms with E-state index in [0.29, 0.717) is 16.3 Å². The Labute approximate surface area is 171 Å². The van der Waals surface area contributed by atoms with E-state index in [-0.39, 0.29) is 5.56 Å². The summed E-state index contributed by atoms with van der Waals surface area (Å²) in [7, 11) is 1.77. The van der Waals surface area contributed by atoms with Crippen LogP contribution >= 0.6 is 11.8 Å². The van der Waals surface area contributed by atoms with Gasteiger partial charge in [0.1, 0.15) is 5.65 Å². The Balaban J connectivity index is 1.59. The smallest absolute Gasteiger partial charge is 0.261 e. The Morgan fingerprint density at radius 3 is 2.52 bits per heavy atom. The molecule has 5 rings (SSSR count). The van der Waals surface area contributed by atoms with Crippen LogP contribution in [0.1, 0.15) is 5.69 Å². The third kappa shape index (κ3) is 3.11. The summed E-state index contributed by atoms with van der Waals surface area (Å²) in [6.45, 7) is 0. The van der Waals surface area contributed by atoms with E-state index < -0.39 is 0 Å². The molecule has 29 heavy (non-hydrogen) atoms. The van der Waals surface area contributed by atoms with Crippen LogP contribution in [-0.4, -0.2) is 18.9 Å². The molecular formula is C23H18N4OS. The Hall–Kier alpha value is -3.38. The molecule has 0 N–H and O–H groups in total. The summed E-state index contributed by atoms with van der Waals surface area (Å²) in [5, 5.41) is 1.33. The van der Waals surface area contributed by atoms with Gasteiger partial charge in [-0.25, -0.2) is 9.97 Å². The lowest BCUT2D eigenvalue weighted by molar-refractivity contribution is 0.726. The molecule has 5 nitrogen and oxygen atoms in total. The van der Waals surface area contributed by atoms with Crippen molar-refractivity contribution in [3.05, 3.63) is 95.0 Å². The highest BCUT2D eigenvalue weighted by molar-refractivity contribution is 7.98. The van der Waals surface area contributed by atoms with E-state index in [9.17, 15) is 4.79 Å². The molecule has 0 aliphatic rings. The maximum absolute atomic E-state index is 12.7. The summed E-state index contributed by atoms with van der Waals surface area (Å²) in [6, 6.07) is 23.6. The number of rotatable bonds is 4. The second kappa shape index (κ2) is 7.22. The minimum absolute atomic E-state index is 0.0282. The van der Waals surface area contributed by atoms with Crippen molar-refractivity contribution in [2.24, 2.45) is 7.05 Å². The van der Waals surface area contributed by atoms with Gasteiger partial charge in [-0.3, -0.25) is 9.36 Å². The SMILES string of the molecule is Cn1c(SCc2c(-c3ccccc3)nc3ccccn23)nc2ccccc2c1=O. The Kier molecular flexibility index (Phi) is 4.41. The zero-order valence-corrected chi connectivity index (χ0v) is 16.6. The van der Waals surface area contributed by atoms with Gasteiger partial charge in [-0.1, -0.05) is 60.3 Å². The molecule has 0 aliphatic carbocycles. The molecule has 142 valence electrons. The van der Waals surface area contributed by atoms with Gasteiger partial charge in [-0.05, 0) is 24.3 Å². The molecule has 0 bridgehead atoms. The Morgan fingerprint density at radius 2 is 1.66 bits per heavy atom. The maximum atomic E-state index is 12.7. The number of aromatic nitrogens is 4. The standard InChI is InChI=1S/C23H18N4OS/c1-26-22(28)17-11-5-6-12-18(17)24-23(26)29-15-19-21(16-9-3-2-4-10-16)25-20-13-7-8-14-27(19)20/h2-14H,15H2,1H3. The van der Waals surface area contributed by atoms with Crippen molar-refractivity contribution >= 4 is 28.3 Å². The second-order valence-corrected chi connectivity index (χ2v) is 7.71. The predicted molar refractivity (Wildman–Crippen MR) is 117 cm³/mol. The molecular weight excluding hydrogens is 380 g/mol. The van der Waals surface area contributed by atoms with Gasteiger partial charge in [-0.2, -0.15) is 0 Å². The molecule has 0 unspecified atom stereocenters. The third-order valence-corrected chi connectivity index (χ3v) is 6.00. The maximum Gasteiger partial charge on any atom is 0.261 e. The van der Waals surface area contributed by atoms with E-state index in [1.54, 1.807) is 23.4 Å². The number of benzene rings is 2. The molecule has 2 aromatic carbocycles. The van der Waals surface area contributed by atoms with Crippen LogP contribution in [0.4, 0.5) is 0 Å². The molecule has 0 amide bonds. The molecule has 3 heterocycles. The third-order valence-electron chi connectivity index (χ3n) is 4.96. The fraction of sp³-hybridized carbons (Fsp3) is 0.0870. The highest BCUT2D eigenvalue weighted by Gasteiger charge is 2.16. The fourth-order valence-corrected chi connectivity index (χ4v) is 4.45. The number of imidazole rings is 1. The van der Waals surface area contributed by atoms with Crippen LogP contribution in [-0.2, 0) is 12.8 Å². The quantitative estimate of drug-likeness (QED) is 0.329. The highest BCUT2D eigenvalue weighted by atomic mass is 32.2. The van der Waals surface area contributed by atoms with E-state index in [1.165, 1.54) is 0 Å². The number of pyridine rings is 1. The molecule has 0 fully saturated rings. The van der Waals surface area contributed by atoms with Crippen molar-refractivity contribution in [3.8, 4) is 11.3 Å². The first-order chi connectivity index (χ1) is 14.2. The van der Waals surface area contributed by atoms with Crippen molar-refractivity contribution < 1.29 is 0 Å². The number of hydrogen-bond acceptors (Lipinski definition) is 4. The molecule has 3 aromatic heterocycles. The lowest BCUT2D eigenvalue weighted by Gasteiger charge is -2.09. The molecule has 0 saturated carbocycles. The molecule has 6 heteroatoms. The van der Waals surface area contributed by atoms with Gasteiger partial charge in [0.05, 0.1) is 22.3 Å². The van der Waals surface area contributed by atoms with Crippen LogP contribution < -0.4 is 5.56 Å². The molecule has 0 saturated heterocycles. The minimum atomic E-state index is -0.0282. The second-order valence-electron chi connectivity index (χ2n) is 6.77. The summed E-state index contributed by atoms with van der Waals surface area (Å²) in [6.07, 6.45) is 2.03.